The second-order valence-electron chi connectivity index (χ2n) is 8.25. The Morgan fingerprint density at radius 3 is 2.77 bits per heavy atom. The van der Waals surface area contributed by atoms with Crippen LogP contribution < -0.4 is 16.0 Å². The highest BCUT2D eigenvalue weighted by molar-refractivity contribution is 6.00. The fraction of sp³-hybridized carbons (Fsp3) is 0.381. The fourth-order valence-corrected chi connectivity index (χ4v) is 4.17. The summed E-state index contributed by atoms with van der Waals surface area (Å²) < 4.78 is 6.92. The summed E-state index contributed by atoms with van der Waals surface area (Å²) in [4.78, 5) is 26.4. The third kappa shape index (κ3) is 3.24. The molecule has 10 heteroatoms. The molecule has 0 unspecified atom stereocenters. The molecule has 1 aliphatic heterocycles. The van der Waals surface area contributed by atoms with Crippen molar-refractivity contribution in [1.82, 2.24) is 20.0 Å². The molecule has 1 aromatic carbocycles. The monoisotopic (exact) mass is 421 g/mol. The van der Waals surface area contributed by atoms with E-state index in [2.05, 4.69) is 20.6 Å². The van der Waals surface area contributed by atoms with E-state index in [4.69, 9.17) is 10.5 Å². The minimum Gasteiger partial charge on any atom is -0.447 e. The first-order valence-electron chi connectivity index (χ1n) is 10.2. The average Bonchev–Trinajstić information content (AvgIpc) is 3.36. The highest BCUT2D eigenvalue weighted by Crippen LogP contribution is 2.48. The second-order valence-corrected chi connectivity index (χ2v) is 8.25. The molecular weight excluding hydrogens is 398 g/mol. The molecular formula is C21H23N7O3. The minimum atomic E-state index is -0.410. The molecule has 3 aromatic rings. The SMILES string of the molecule is Cc1c([C@H]2C[C@@H]2C(=O)Nc2cc3cc(N4C(=O)OC[C@@H]4C)cc(N)c3nn2)cnn1C. The zero-order valence-corrected chi connectivity index (χ0v) is 17.5. The molecule has 2 aromatic heterocycles. The Morgan fingerprint density at radius 1 is 1.29 bits per heavy atom. The first-order chi connectivity index (χ1) is 14.8. The van der Waals surface area contributed by atoms with E-state index in [0.717, 1.165) is 17.7 Å². The molecule has 0 radical (unpaired) electrons. The van der Waals surface area contributed by atoms with Crippen molar-refractivity contribution in [2.24, 2.45) is 13.0 Å². The highest BCUT2D eigenvalue weighted by atomic mass is 16.6. The quantitative estimate of drug-likeness (QED) is 0.619. The summed E-state index contributed by atoms with van der Waals surface area (Å²) in [6.45, 7) is 4.23. The largest absolute Gasteiger partial charge is 0.447 e. The number of nitrogens with one attached hydrogen (secondary N) is 1. The summed E-state index contributed by atoms with van der Waals surface area (Å²) in [7, 11) is 1.89. The number of amides is 2. The van der Waals surface area contributed by atoms with Gasteiger partial charge in [-0.05, 0) is 49.9 Å². The van der Waals surface area contributed by atoms with Gasteiger partial charge in [0.05, 0.1) is 23.6 Å². The van der Waals surface area contributed by atoms with E-state index in [1.807, 2.05) is 31.8 Å². The van der Waals surface area contributed by atoms with Crippen LogP contribution in [0.4, 0.5) is 22.0 Å². The van der Waals surface area contributed by atoms with Crippen molar-refractivity contribution in [1.29, 1.82) is 0 Å². The Balaban J connectivity index is 1.38. The van der Waals surface area contributed by atoms with Crippen LogP contribution in [-0.4, -0.2) is 44.6 Å². The summed E-state index contributed by atoms with van der Waals surface area (Å²) in [5, 5.41) is 16.1. The Labute approximate surface area is 178 Å². The molecule has 2 fully saturated rings. The van der Waals surface area contributed by atoms with E-state index in [-0.39, 0.29) is 23.8 Å². The van der Waals surface area contributed by atoms with Crippen molar-refractivity contribution in [3.8, 4) is 0 Å². The van der Waals surface area contributed by atoms with Crippen LogP contribution in [-0.2, 0) is 16.6 Å². The van der Waals surface area contributed by atoms with E-state index >= 15 is 0 Å². The zero-order valence-electron chi connectivity index (χ0n) is 17.5. The Bertz CT molecular complexity index is 1220. The van der Waals surface area contributed by atoms with Crippen LogP contribution in [0.5, 0.6) is 0 Å². The number of carbonyl (C=O) groups excluding carboxylic acids is 2. The van der Waals surface area contributed by atoms with Crippen molar-refractivity contribution in [2.45, 2.75) is 32.2 Å². The van der Waals surface area contributed by atoms with Crippen LogP contribution in [0.15, 0.2) is 24.4 Å². The normalized spacial score (nSPS) is 22.6. The minimum absolute atomic E-state index is 0.0947. The number of anilines is 3. The molecule has 160 valence electrons. The lowest BCUT2D eigenvalue weighted by atomic mass is 10.1. The van der Waals surface area contributed by atoms with E-state index in [1.165, 1.54) is 0 Å². The molecule has 31 heavy (non-hydrogen) atoms. The second kappa shape index (κ2) is 6.93. The number of benzene rings is 1. The lowest BCUT2D eigenvalue weighted by Crippen LogP contribution is -2.30. The number of cyclic esters (lactones) is 1. The highest BCUT2D eigenvalue weighted by Gasteiger charge is 2.45. The first-order valence-corrected chi connectivity index (χ1v) is 10.2. The van der Waals surface area contributed by atoms with Gasteiger partial charge in [-0.15, -0.1) is 10.2 Å². The van der Waals surface area contributed by atoms with Crippen molar-refractivity contribution >= 4 is 40.1 Å². The Kier molecular flexibility index (Phi) is 4.31. The summed E-state index contributed by atoms with van der Waals surface area (Å²) >= 11 is 0. The summed E-state index contributed by atoms with van der Waals surface area (Å²) in [5.41, 5.74) is 9.87. The molecule has 1 saturated carbocycles. The molecule has 10 nitrogen and oxygen atoms in total. The number of nitrogens with two attached hydrogens (primary N) is 1. The average molecular weight is 421 g/mol. The third-order valence-corrected chi connectivity index (χ3v) is 6.12. The number of nitrogens with zero attached hydrogens (tertiary/aromatic N) is 5. The standard InChI is InChI=1S/C21H23N7O3/c1-10-9-31-21(30)28(10)13-4-12-5-18(25-26-19(12)17(22)6-13)24-20(29)15-7-14(15)16-8-23-27(3)11(16)2/h4-6,8,10,14-15H,7,9,22H2,1-3H3,(H,24,25,29)/t10-,14-,15-/m0/s1. The molecule has 3 atom stereocenters. The number of fused-ring (bicyclic) bond motifs is 1. The summed E-state index contributed by atoms with van der Waals surface area (Å²) in [6, 6.07) is 5.11. The topological polar surface area (TPSA) is 128 Å². The van der Waals surface area contributed by atoms with E-state index in [0.29, 0.717) is 34.7 Å². The zero-order chi connectivity index (χ0) is 21.9. The van der Waals surface area contributed by atoms with Gasteiger partial charge >= 0.3 is 6.09 Å². The summed E-state index contributed by atoms with van der Waals surface area (Å²) in [5.74, 6) is 0.312. The number of aromatic nitrogens is 4. The van der Waals surface area contributed by atoms with Crippen LogP contribution in [0.1, 0.15) is 30.5 Å². The maximum Gasteiger partial charge on any atom is 0.414 e. The smallest absolute Gasteiger partial charge is 0.414 e. The van der Waals surface area contributed by atoms with Gasteiger partial charge in [-0.1, -0.05) is 0 Å². The fourth-order valence-electron chi connectivity index (χ4n) is 4.17. The lowest BCUT2D eigenvalue weighted by Gasteiger charge is -2.19. The third-order valence-electron chi connectivity index (χ3n) is 6.12. The van der Waals surface area contributed by atoms with Gasteiger partial charge in [0.1, 0.15) is 12.1 Å². The maximum absolute atomic E-state index is 12.7. The first kappa shape index (κ1) is 19.3. The number of rotatable bonds is 4. The van der Waals surface area contributed by atoms with E-state index < -0.39 is 6.09 Å². The lowest BCUT2D eigenvalue weighted by molar-refractivity contribution is -0.117. The van der Waals surface area contributed by atoms with Gasteiger partial charge in [-0.3, -0.25) is 14.4 Å². The van der Waals surface area contributed by atoms with Gasteiger partial charge in [0.25, 0.3) is 0 Å². The molecule has 2 aliphatic rings. The van der Waals surface area contributed by atoms with Crippen LogP contribution in [0, 0.1) is 12.8 Å². The number of ether oxygens (including phenoxy) is 1. The van der Waals surface area contributed by atoms with Gasteiger partial charge in [0.2, 0.25) is 5.91 Å². The van der Waals surface area contributed by atoms with Gasteiger partial charge in [-0.2, -0.15) is 5.10 Å². The van der Waals surface area contributed by atoms with Gasteiger partial charge in [0.15, 0.2) is 5.82 Å². The molecule has 1 saturated heterocycles. The number of nitrogen functional groups attached to an aromatic ring is 1. The molecule has 3 heterocycles. The van der Waals surface area contributed by atoms with Crippen LogP contribution >= 0.6 is 0 Å². The summed E-state index contributed by atoms with van der Waals surface area (Å²) in [6.07, 6.45) is 2.20. The number of carbonyl (C=O) groups is 2. The molecule has 5 rings (SSSR count). The van der Waals surface area contributed by atoms with Gasteiger partial charge in [0, 0.05) is 24.0 Å². The van der Waals surface area contributed by atoms with Crippen molar-refractivity contribution in [3.63, 3.8) is 0 Å². The number of hydrogen-bond donors (Lipinski definition) is 2. The van der Waals surface area contributed by atoms with Crippen LogP contribution in [0.2, 0.25) is 0 Å². The predicted molar refractivity (Wildman–Crippen MR) is 115 cm³/mol. The van der Waals surface area contributed by atoms with Gasteiger partial charge in [-0.25, -0.2) is 4.79 Å². The molecule has 0 bridgehead atoms. The molecule has 3 N–H and O–H groups in total. The Morgan fingerprint density at radius 2 is 2.10 bits per heavy atom. The molecule has 0 spiro atoms. The van der Waals surface area contributed by atoms with Crippen LogP contribution in [0.25, 0.3) is 10.9 Å². The van der Waals surface area contributed by atoms with E-state index in [1.54, 1.807) is 23.1 Å². The van der Waals surface area contributed by atoms with Gasteiger partial charge < -0.3 is 15.8 Å². The molecule has 1 aliphatic carbocycles. The van der Waals surface area contributed by atoms with Crippen molar-refractivity contribution < 1.29 is 14.3 Å². The van der Waals surface area contributed by atoms with Crippen molar-refractivity contribution in [3.05, 3.63) is 35.7 Å². The van der Waals surface area contributed by atoms with Crippen molar-refractivity contribution in [2.75, 3.05) is 22.6 Å². The Hall–Kier alpha value is -3.69. The molecule has 2 amide bonds. The van der Waals surface area contributed by atoms with E-state index in [9.17, 15) is 9.59 Å². The number of hydrogen-bond acceptors (Lipinski definition) is 7. The maximum atomic E-state index is 12.7. The predicted octanol–water partition coefficient (Wildman–Crippen LogP) is 2.34. The number of aryl methyl sites for hydroxylation is 1. The van der Waals surface area contributed by atoms with Crippen LogP contribution in [0.3, 0.4) is 0 Å².